The van der Waals surface area contributed by atoms with Gasteiger partial charge in [-0.15, -0.1) is 0 Å². The molecule has 1 aromatic rings. The van der Waals surface area contributed by atoms with Gasteiger partial charge in [-0.05, 0) is 56.7 Å². The Bertz CT molecular complexity index is 374. The standard InChI is InChI=1S/C17H29N/c1-13-7-8-14(2)15(11-13)12-16(18-6)9-10-17(3,4)5/h7-8,11,16,18H,9-10,12H2,1-6H3. The van der Waals surface area contributed by atoms with E-state index >= 15 is 0 Å². The number of hydrogen-bond acceptors (Lipinski definition) is 1. The summed E-state index contributed by atoms with van der Waals surface area (Å²) in [5.74, 6) is 0. The van der Waals surface area contributed by atoms with Crippen LogP contribution in [0.15, 0.2) is 18.2 Å². The predicted molar refractivity (Wildman–Crippen MR) is 81.2 cm³/mol. The summed E-state index contributed by atoms with van der Waals surface area (Å²) in [5.41, 5.74) is 4.69. The van der Waals surface area contributed by atoms with E-state index in [1.54, 1.807) is 0 Å². The van der Waals surface area contributed by atoms with Crippen molar-refractivity contribution in [2.75, 3.05) is 7.05 Å². The highest BCUT2D eigenvalue weighted by molar-refractivity contribution is 5.31. The molecule has 1 heteroatoms. The molecule has 1 N–H and O–H groups in total. The van der Waals surface area contributed by atoms with Crippen LogP contribution in [0.3, 0.4) is 0 Å². The number of hydrogen-bond donors (Lipinski definition) is 1. The Morgan fingerprint density at radius 1 is 1.17 bits per heavy atom. The molecule has 0 spiro atoms. The summed E-state index contributed by atoms with van der Waals surface area (Å²) in [6, 6.07) is 7.35. The Morgan fingerprint density at radius 2 is 1.83 bits per heavy atom. The smallest absolute Gasteiger partial charge is 0.0105 e. The highest BCUT2D eigenvalue weighted by atomic mass is 14.9. The van der Waals surface area contributed by atoms with Crippen molar-refractivity contribution in [2.24, 2.45) is 5.41 Å². The highest BCUT2D eigenvalue weighted by Crippen LogP contribution is 2.23. The fourth-order valence-corrected chi connectivity index (χ4v) is 2.24. The molecule has 0 heterocycles. The van der Waals surface area contributed by atoms with Crippen LogP contribution in [0.4, 0.5) is 0 Å². The van der Waals surface area contributed by atoms with Crippen LogP contribution in [0.1, 0.15) is 50.3 Å². The first-order valence-corrected chi connectivity index (χ1v) is 7.05. The maximum Gasteiger partial charge on any atom is 0.0105 e. The molecule has 0 fully saturated rings. The van der Waals surface area contributed by atoms with Gasteiger partial charge in [-0.25, -0.2) is 0 Å². The average molecular weight is 247 g/mol. The van der Waals surface area contributed by atoms with Crippen LogP contribution in [0.5, 0.6) is 0 Å². The molecule has 102 valence electrons. The lowest BCUT2D eigenvalue weighted by atomic mass is 9.87. The van der Waals surface area contributed by atoms with Gasteiger partial charge in [0.05, 0.1) is 0 Å². The average Bonchev–Trinajstić information content (AvgIpc) is 2.27. The number of benzene rings is 1. The van der Waals surface area contributed by atoms with E-state index in [2.05, 4.69) is 65.2 Å². The lowest BCUT2D eigenvalue weighted by Crippen LogP contribution is -2.29. The molecule has 1 rings (SSSR count). The molecule has 0 aliphatic carbocycles. The molecule has 0 amide bonds. The van der Waals surface area contributed by atoms with Gasteiger partial charge in [0.25, 0.3) is 0 Å². The zero-order valence-electron chi connectivity index (χ0n) is 12.9. The first kappa shape index (κ1) is 15.2. The molecule has 0 bridgehead atoms. The van der Waals surface area contributed by atoms with Gasteiger partial charge in [0.15, 0.2) is 0 Å². The maximum atomic E-state index is 3.47. The molecule has 0 aromatic heterocycles. The summed E-state index contributed by atoms with van der Waals surface area (Å²) in [5, 5.41) is 3.47. The summed E-state index contributed by atoms with van der Waals surface area (Å²) in [6.07, 6.45) is 3.65. The van der Waals surface area contributed by atoms with Gasteiger partial charge < -0.3 is 5.32 Å². The molecule has 18 heavy (non-hydrogen) atoms. The Kier molecular flexibility index (Phi) is 5.40. The van der Waals surface area contributed by atoms with E-state index in [1.165, 1.54) is 29.5 Å². The van der Waals surface area contributed by atoms with Gasteiger partial charge in [-0.2, -0.15) is 0 Å². The Hall–Kier alpha value is -0.820. The van der Waals surface area contributed by atoms with Crippen molar-refractivity contribution in [2.45, 2.75) is 59.9 Å². The van der Waals surface area contributed by atoms with Crippen LogP contribution in [0.2, 0.25) is 0 Å². The second kappa shape index (κ2) is 6.38. The van der Waals surface area contributed by atoms with Gasteiger partial charge in [0, 0.05) is 6.04 Å². The van der Waals surface area contributed by atoms with E-state index in [0.29, 0.717) is 11.5 Å². The minimum atomic E-state index is 0.427. The van der Waals surface area contributed by atoms with E-state index < -0.39 is 0 Å². The van der Waals surface area contributed by atoms with Crippen molar-refractivity contribution in [1.82, 2.24) is 5.32 Å². The first-order valence-electron chi connectivity index (χ1n) is 7.05. The SMILES string of the molecule is CNC(CCC(C)(C)C)Cc1cc(C)ccc1C. The molecule has 0 radical (unpaired) electrons. The Labute approximate surface area is 113 Å². The third kappa shape index (κ3) is 5.22. The fourth-order valence-electron chi connectivity index (χ4n) is 2.24. The van der Waals surface area contributed by atoms with Crippen LogP contribution >= 0.6 is 0 Å². The van der Waals surface area contributed by atoms with Crippen molar-refractivity contribution >= 4 is 0 Å². The first-order chi connectivity index (χ1) is 8.31. The lowest BCUT2D eigenvalue weighted by Gasteiger charge is -2.23. The minimum Gasteiger partial charge on any atom is -0.317 e. The molecule has 1 unspecified atom stereocenters. The quantitative estimate of drug-likeness (QED) is 0.819. The Morgan fingerprint density at radius 3 is 2.39 bits per heavy atom. The maximum absolute atomic E-state index is 3.47. The van der Waals surface area contributed by atoms with E-state index in [9.17, 15) is 0 Å². The Balaban J connectivity index is 2.65. The second-order valence-corrected chi connectivity index (χ2v) is 6.72. The summed E-state index contributed by atoms with van der Waals surface area (Å²) in [7, 11) is 2.08. The zero-order chi connectivity index (χ0) is 13.8. The summed E-state index contributed by atoms with van der Waals surface area (Å²) >= 11 is 0. The van der Waals surface area contributed by atoms with Gasteiger partial charge >= 0.3 is 0 Å². The summed E-state index contributed by atoms with van der Waals surface area (Å²) in [6.45, 7) is 11.3. The highest BCUT2D eigenvalue weighted by Gasteiger charge is 2.15. The topological polar surface area (TPSA) is 12.0 Å². The molecule has 1 aromatic carbocycles. The van der Waals surface area contributed by atoms with Crippen LogP contribution in [0, 0.1) is 19.3 Å². The van der Waals surface area contributed by atoms with Crippen molar-refractivity contribution in [3.05, 3.63) is 34.9 Å². The fraction of sp³-hybridized carbons (Fsp3) is 0.647. The molecular formula is C17H29N. The van der Waals surface area contributed by atoms with Crippen LogP contribution in [-0.4, -0.2) is 13.1 Å². The molecule has 0 saturated carbocycles. The van der Waals surface area contributed by atoms with Crippen molar-refractivity contribution in [1.29, 1.82) is 0 Å². The van der Waals surface area contributed by atoms with Crippen LogP contribution in [0.25, 0.3) is 0 Å². The predicted octanol–water partition coefficient (Wildman–Crippen LogP) is 4.26. The van der Waals surface area contributed by atoms with Crippen molar-refractivity contribution < 1.29 is 0 Å². The number of likely N-dealkylation sites (N-methyl/N-ethyl adjacent to an activating group) is 1. The molecule has 0 aliphatic rings. The van der Waals surface area contributed by atoms with Gasteiger partial charge in [-0.1, -0.05) is 44.5 Å². The van der Waals surface area contributed by atoms with Crippen molar-refractivity contribution in [3.8, 4) is 0 Å². The zero-order valence-corrected chi connectivity index (χ0v) is 12.9. The summed E-state index contributed by atoms with van der Waals surface area (Å²) < 4.78 is 0. The number of rotatable bonds is 5. The molecule has 0 aliphatic heterocycles. The number of nitrogens with one attached hydrogen (secondary N) is 1. The van der Waals surface area contributed by atoms with E-state index in [1.807, 2.05) is 0 Å². The molecule has 0 saturated heterocycles. The largest absolute Gasteiger partial charge is 0.317 e. The van der Waals surface area contributed by atoms with Gasteiger partial charge in [-0.3, -0.25) is 0 Å². The van der Waals surface area contributed by atoms with Gasteiger partial charge in [0.1, 0.15) is 0 Å². The summed E-state index contributed by atoms with van der Waals surface area (Å²) in [4.78, 5) is 0. The third-order valence-electron chi connectivity index (χ3n) is 3.62. The van der Waals surface area contributed by atoms with Crippen LogP contribution in [-0.2, 0) is 6.42 Å². The van der Waals surface area contributed by atoms with Gasteiger partial charge in [0.2, 0.25) is 0 Å². The lowest BCUT2D eigenvalue weighted by molar-refractivity contribution is 0.334. The monoisotopic (exact) mass is 247 g/mol. The molecule has 1 atom stereocenters. The van der Waals surface area contributed by atoms with E-state index in [-0.39, 0.29) is 0 Å². The van der Waals surface area contributed by atoms with E-state index in [4.69, 9.17) is 0 Å². The van der Waals surface area contributed by atoms with E-state index in [0.717, 1.165) is 6.42 Å². The normalized spacial score (nSPS) is 13.7. The third-order valence-corrected chi connectivity index (χ3v) is 3.62. The molecule has 1 nitrogen and oxygen atoms in total. The number of aryl methyl sites for hydroxylation is 2. The van der Waals surface area contributed by atoms with Crippen molar-refractivity contribution in [3.63, 3.8) is 0 Å². The minimum absolute atomic E-state index is 0.427. The second-order valence-electron chi connectivity index (χ2n) is 6.72. The molecular weight excluding hydrogens is 218 g/mol. The van der Waals surface area contributed by atoms with Crippen LogP contribution < -0.4 is 5.32 Å².